The molecule has 3 saturated heterocycles. The molecule has 26 heavy (non-hydrogen) atoms. The lowest BCUT2D eigenvalue weighted by Crippen LogP contribution is -2.52. The number of hydrogen-bond donors (Lipinski definition) is 0. The van der Waals surface area contributed by atoms with Crippen LogP contribution in [0, 0.1) is 11.8 Å². The average molecular weight is 364 g/mol. The van der Waals surface area contributed by atoms with Crippen molar-refractivity contribution >= 4 is 5.78 Å². The molecular formula is C22H41N3O. The van der Waals surface area contributed by atoms with E-state index < -0.39 is 0 Å². The van der Waals surface area contributed by atoms with Crippen molar-refractivity contribution in [2.45, 2.75) is 77.8 Å². The molecule has 4 nitrogen and oxygen atoms in total. The summed E-state index contributed by atoms with van der Waals surface area (Å²) in [6.45, 7) is 15.1. The summed E-state index contributed by atoms with van der Waals surface area (Å²) in [7, 11) is 0. The van der Waals surface area contributed by atoms with Gasteiger partial charge in [-0.15, -0.1) is 0 Å². The summed E-state index contributed by atoms with van der Waals surface area (Å²) in [5, 5.41) is 0. The Hall–Kier alpha value is -0.450. The Morgan fingerprint density at radius 2 is 1.27 bits per heavy atom. The number of Topliss-reactive ketones (excluding diaryl/α,β-unsaturated/α-hetero) is 1. The van der Waals surface area contributed by atoms with E-state index in [1.807, 2.05) is 0 Å². The lowest BCUT2D eigenvalue weighted by Gasteiger charge is -2.45. The van der Waals surface area contributed by atoms with Crippen molar-refractivity contribution in [2.75, 3.05) is 45.8 Å². The van der Waals surface area contributed by atoms with E-state index in [0.717, 1.165) is 38.0 Å². The number of carbonyl (C=O) groups is 1. The van der Waals surface area contributed by atoms with Crippen molar-refractivity contribution in [1.29, 1.82) is 0 Å². The number of carbonyl (C=O) groups excluding carboxylic acids is 1. The van der Waals surface area contributed by atoms with Crippen LogP contribution in [0.25, 0.3) is 0 Å². The molecule has 0 radical (unpaired) electrons. The minimum absolute atomic E-state index is 0.207. The van der Waals surface area contributed by atoms with Crippen molar-refractivity contribution in [3.63, 3.8) is 0 Å². The fourth-order valence-electron chi connectivity index (χ4n) is 5.46. The summed E-state index contributed by atoms with van der Waals surface area (Å²) in [6.07, 6.45) is 8.87. The molecule has 0 bridgehead atoms. The zero-order chi connectivity index (χ0) is 18.5. The van der Waals surface area contributed by atoms with Crippen molar-refractivity contribution < 1.29 is 4.79 Å². The second-order valence-corrected chi connectivity index (χ2v) is 9.21. The molecule has 0 amide bonds. The van der Waals surface area contributed by atoms with Gasteiger partial charge in [0.05, 0.1) is 0 Å². The van der Waals surface area contributed by atoms with Crippen molar-refractivity contribution in [1.82, 2.24) is 14.7 Å². The molecule has 0 aromatic heterocycles. The minimum atomic E-state index is 0.207. The molecule has 0 spiro atoms. The lowest BCUT2D eigenvalue weighted by molar-refractivity contribution is -0.127. The summed E-state index contributed by atoms with van der Waals surface area (Å²) in [5.74, 6) is 1.03. The SMILES string of the molecule is CCCN1CCC(N2CCC(N3CCC(C(=O)C(C)C)CC3)CC2)CC1. The molecule has 0 aromatic carbocycles. The van der Waals surface area contributed by atoms with Gasteiger partial charge >= 0.3 is 0 Å². The van der Waals surface area contributed by atoms with Crippen LogP contribution >= 0.6 is 0 Å². The van der Waals surface area contributed by atoms with Crippen molar-refractivity contribution in [2.24, 2.45) is 11.8 Å². The first kappa shape index (κ1) is 20.3. The van der Waals surface area contributed by atoms with Gasteiger partial charge < -0.3 is 14.7 Å². The molecule has 0 saturated carbocycles. The molecule has 3 aliphatic heterocycles. The first-order valence-electron chi connectivity index (χ1n) is 11.3. The highest BCUT2D eigenvalue weighted by Crippen LogP contribution is 2.28. The van der Waals surface area contributed by atoms with Gasteiger partial charge in [0.2, 0.25) is 0 Å². The van der Waals surface area contributed by atoms with Gasteiger partial charge in [0.15, 0.2) is 0 Å². The van der Waals surface area contributed by atoms with Crippen molar-refractivity contribution in [3.8, 4) is 0 Å². The smallest absolute Gasteiger partial charge is 0.138 e. The van der Waals surface area contributed by atoms with Crippen LogP contribution in [0.4, 0.5) is 0 Å². The molecule has 0 unspecified atom stereocenters. The van der Waals surface area contributed by atoms with E-state index in [4.69, 9.17) is 0 Å². The highest BCUT2D eigenvalue weighted by Gasteiger charge is 2.33. The first-order chi connectivity index (χ1) is 12.6. The highest BCUT2D eigenvalue weighted by atomic mass is 16.1. The Bertz CT molecular complexity index is 429. The zero-order valence-electron chi connectivity index (χ0n) is 17.5. The molecule has 0 aliphatic carbocycles. The number of likely N-dealkylation sites (tertiary alicyclic amines) is 3. The van der Waals surface area contributed by atoms with E-state index >= 15 is 0 Å². The fraction of sp³-hybridized carbons (Fsp3) is 0.955. The Morgan fingerprint density at radius 3 is 1.73 bits per heavy atom. The van der Waals surface area contributed by atoms with Gasteiger partial charge in [-0.2, -0.15) is 0 Å². The number of ketones is 1. The maximum Gasteiger partial charge on any atom is 0.138 e. The van der Waals surface area contributed by atoms with Crippen LogP contribution in [-0.4, -0.2) is 78.4 Å². The summed E-state index contributed by atoms with van der Waals surface area (Å²) in [4.78, 5) is 20.4. The van der Waals surface area contributed by atoms with E-state index in [1.165, 1.54) is 64.8 Å². The van der Waals surface area contributed by atoms with Gasteiger partial charge in [-0.25, -0.2) is 0 Å². The molecule has 3 heterocycles. The number of rotatable bonds is 6. The third kappa shape index (κ3) is 5.08. The standard InChI is InChI=1S/C22H41N3O/c1-4-11-23-12-7-20(8-13-23)25-16-9-21(10-17-25)24-14-5-19(6-15-24)22(26)18(2)3/h18-21H,4-17H2,1-3H3. The average Bonchev–Trinajstić information content (AvgIpc) is 2.68. The molecule has 150 valence electrons. The Balaban J connectivity index is 1.38. The van der Waals surface area contributed by atoms with E-state index in [0.29, 0.717) is 11.7 Å². The van der Waals surface area contributed by atoms with Crippen LogP contribution in [0.5, 0.6) is 0 Å². The molecule has 0 aromatic rings. The second-order valence-electron chi connectivity index (χ2n) is 9.21. The maximum absolute atomic E-state index is 12.2. The van der Waals surface area contributed by atoms with Crippen LogP contribution in [0.3, 0.4) is 0 Å². The van der Waals surface area contributed by atoms with Gasteiger partial charge in [0, 0.05) is 23.9 Å². The Kier molecular flexibility index (Phi) is 7.54. The summed E-state index contributed by atoms with van der Waals surface area (Å²) >= 11 is 0. The van der Waals surface area contributed by atoms with E-state index in [-0.39, 0.29) is 5.92 Å². The molecule has 4 heteroatoms. The third-order valence-electron chi connectivity index (χ3n) is 7.13. The molecule has 0 N–H and O–H groups in total. The highest BCUT2D eigenvalue weighted by molar-refractivity contribution is 5.82. The van der Waals surface area contributed by atoms with E-state index in [9.17, 15) is 4.79 Å². The normalized spacial score (nSPS) is 26.6. The van der Waals surface area contributed by atoms with E-state index in [1.54, 1.807) is 0 Å². The third-order valence-corrected chi connectivity index (χ3v) is 7.13. The predicted molar refractivity (Wildman–Crippen MR) is 108 cm³/mol. The molecule has 3 aliphatic rings. The second kappa shape index (κ2) is 9.66. The molecular weight excluding hydrogens is 322 g/mol. The topological polar surface area (TPSA) is 26.8 Å². The number of piperidine rings is 3. The monoisotopic (exact) mass is 363 g/mol. The zero-order valence-corrected chi connectivity index (χ0v) is 17.5. The summed E-state index contributed by atoms with van der Waals surface area (Å²) in [6, 6.07) is 1.60. The van der Waals surface area contributed by atoms with Crippen molar-refractivity contribution in [3.05, 3.63) is 0 Å². The van der Waals surface area contributed by atoms with Gasteiger partial charge in [-0.05, 0) is 90.8 Å². The Morgan fingerprint density at radius 1 is 0.808 bits per heavy atom. The number of hydrogen-bond acceptors (Lipinski definition) is 4. The quantitative estimate of drug-likeness (QED) is 0.724. The van der Waals surface area contributed by atoms with Gasteiger partial charge in [0.25, 0.3) is 0 Å². The fourth-order valence-corrected chi connectivity index (χ4v) is 5.46. The largest absolute Gasteiger partial charge is 0.303 e. The Labute approximate surface area is 161 Å². The van der Waals surface area contributed by atoms with Crippen LogP contribution in [0.2, 0.25) is 0 Å². The van der Waals surface area contributed by atoms with Gasteiger partial charge in [-0.3, -0.25) is 4.79 Å². The lowest BCUT2D eigenvalue weighted by atomic mass is 9.86. The number of nitrogens with zero attached hydrogens (tertiary/aromatic N) is 3. The molecule has 0 atom stereocenters. The summed E-state index contributed by atoms with van der Waals surface area (Å²) in [5.41, 5.74) is 0. The maximum atomic E-state index is 12.2. The van der Waals surface area contributed by atoms with Crippen LogP contribution in [0.15, 0.2) is 0 Å². The van der Waals surface area contributed by atoms with Gasteiger partial charge in [-0.1, -0.05) is 20.8 Å². The van der Waals surface area contributed by atoms with E-state index in [2.05, 4.69) is 35.5 Å². The van der Waals surface area contributed by atoms with Gasteiger partial charge in [0.1, 0.15) is 5.78 Å². The predicted octanol–water partition coefficient (Wildman–Crippen LogP) is 3.26. The van der Waals surface area contributed by atoms with Crippen LogP contribution in [0.1, 0.15) is 65.7 Å². The van der Waals surface area contributed by atoms with Crippen LogP contribution in [-0.2, 0) is 4.79 Å². The molecule has 3 rings (SSSR count). The summed E-state index contributed by atoms with van der Waals surface area (Å²) < 4.78 is 0. The minimum Gasteiger partial charge on any atom is -0.303 e. The van der Waals surface area contributed by atoms with Crippen LogP contribution < -0.4 is 0 Å². The molecule has 3 fully saturated rings. The first-order valence-corrected chi connectivity index (χ1v) is 11.3.